The van der Waals surface area contributed by atoms with Gasteiger partial charge in [0.2, 0.25) is 0 Å². The summed E-state index contributed by atoms with van der Waals surface area (Å²) in [6, 6.07) is 105. The van der Waals surface area contributed by atoms with Crippen LogP contribution in [0.25, 0.3) is 86.7 Å². The molecule has 2 aromatic heterocycles. The maximum absolute atomic E-state index is 2.26. The van der Waals surface area contributed by atoms with Gasteiger partial charge in [0, 0.05) is 57.7 Å². The van der Waals surface area contributed by atoms with E-state index in [0.29, 0.717) is 0 Å². The van der Waals surface area contributed by atoms with Crippen molar-refractivity contribution in [3.63, 3.8) is 0 Å². The van der Waals surface area contributed by atoms with Crippen LogP contribution in [-0.2, 0) is 14.1 Å². The second-order valence-electron chi connectivity index (χ2n) is 24.1. The Morgan fingerprint density at radius 2 is 0.505 bits per heavy atom. The first kappa shape index (κ1) is 65.2. The smallest absolute Gasteiger partial charge is 0.0488 e. The molecule has 2 heteroatoms. The normalized spacial score (nSPS) is 10.5. The fourth-order valence-electron chi connectivity index (χ4n) is 11.6. The maximum Gasteiger partial charge on any atom is 0.0488 e. The van der Waals surface area contributed by atoms with Gasteiger partial charge in [0.1, 0.15) is 0 Å². The summed E-state index contributed by atoms with van der Waals surface area (Å²) in [5.41, 5.74) is 20.1. The highest BCUT2D eigenvalue weighted by molar-refractivity contribution is 6.10. The molecule has 16 rings (SSSR count). The third-order valence-corrected chi connectivity index (χ3v) is 17.3. The highest BCUT2D eigenvalue weighted by atomic mass is 14.9. The molecule has 14 aromatic carbocycles. The van der Waals surface area contributed by atoms with Crippen molar-refractivity contribution in [2.75, 3.05) is 0 Å². The van der Waals surface area contributed by atoms with Gasteiger partial charge in [-0.1, -0.05) is 295 Å². The average Bonchev–Trinajstić information content (AvgIpc) is 1.91. The van der Waals surface area contributed by atoms with E-state index in [2.05, 4.69) is 378 Å². The molecule has 0 aliphatic carbocycles. The topological polar surface area (TPSA) is 9.86 Å². The molecule has 16 aromatic rings. The van der Waals surface area contributed by atoms with Crippen molar-refractivity contribution in [3.8, 4) is 0 Å². The third kappa shape index (κ3) is 16.7. The minimum absolute atomic E-state index is 1.30. The standard InChI is InChI=1S/C15H12.2C13H11N.2C12H12.C9H12.C8H10.C7H8/c1-11-10-12-6-2-3-8-14(12)15-9-5-4-7-13(11)15;2*1-14-12-8-4-2-6-10(12)11-7-3-5-9-13(11)14;1-9-3-5-12-8-10(2)4-6-11(12)7-9;1-9-6-7-11-5-3-4-10(2)12(11)8-9;1-7-5-4-6-8(2)9(7)3;1-7-5-3-4-6-8(7)2;1-7-5-3-2-4-6-7/h2-10H,1H3;2*2-9H,1H3;2*3-8H,1-2H3;4-6H,1-3H3;3-6H,1-2H3;2-6H,1H3. The van der Waals surface area contributed by atoms with Crippen LogP contribution in [0.5, 0.6) is 0 Å². The highest BCUT2D eigenvalue weighted by Gasteiger charge is 2.07. The number of para-hydroxylation sites is 4. The third-order valence-electron chi connectivity index (χ3n) is 17.3. The lowest BCUT2D eigenvalue weighted by atomic mass is 9.98. The zero-order valence-corrected chi connectivity index (χ0v) is 55.7. The minimum atomic E-state index is 1.30. The molecule has 2 heterocycles. The van der Waals surface area contributed by atoms with Crippen molar-refractivity contribution in [1.29, 1.82) is 0 Å². The first-order valence-electron chi connectivity index (χ1n) is 31.8. The number of benzene rings is 14. The Balaban J connectivity index is 0.000000125. The molecule has 0 amide bonds. The number of fused-ring (bicyclic) bond motifs is 11. The van der Waals surface area contributed by atoms with E-state index in [1.54, 1.807) is 0 Å². The van der Waals surface area contributed by atoms with E-state index in [1.807, 2.05) is 18.2 Å². The molecule has 0 spiro atoms. The fourth-order valence-corrected chi connectivity index (χ4v) is 11.6. The summed E-state index contributed by atoms with van der Waals surface area (Å²) < 4.78 is 4.48. The van der Waals surface area contributed by atoms with Crippen LogP contribution in [0, 0.1) is 76.2 Å². The van der Waals surface area contributed by atoms with E-state index in [9.17, 15) is 0 Å². The van der Waals surface area contributed by atoms with Crippen LogP contribution >= 0.6 is 0 Å². The molecule has 454 valence electrons. The molecule has 0 bridgehead atoms. The maximum atomic E-state index is 2.26. The van der Waals surface area contributed by atoms with E-state index in [4.69, 9.17) is 0 Å². The Morgan fingerprint density at radius 3 is 0.934 bits per heavy atom. The summed E-state index contributed by atoms with van der Waals surface area (Å²) in [4.78, 5) is 0. The number of rotatable bonds is 0. The Morgan fingerprint density at radius 1 is 0.176 bits per heavy atom. The Bertz CT molecular complexity index is 4730. The van der Waals surface area contributed by atoms with E-state index in [-0.39, 0.29) is 0 Å². The van der Waals surface area contributed by atoms with Crippen molar-refractivity contribution < 1.29 is 0 Å². The van der Waals surface area contributed by atoms with Gasteiger partial charge >= 0.3 is 0 Å². The van der Waals surface area contributed by atoms with Crippen molar-refractivity contribution >= 4 is 86.7 Å². The number of nitrogens with zero attached hydrogens (tertiary/aromatic N) is 2. The lowest BCUT2D eigenvalue weighted by Crippen LogP contribution is -1.84. The fraction of sp³-hybridized carbons (Fsp3) is 0.146. The molecule has 0 N–H and O–H groups in total. The molecule has 0 unspecified atom stereocenters. The SMILES string of the molecule is Cc1cc2ccccc2c2ccccc12.Cc1ccc2cc(C)ccc2c1.Cc1ccc2cccc(C)c2c1.Cc1cccc(C)c1C.Cc1ccccc1.Cc1ccccc1C.Cn1c2ccccc2c2ccccc21.Cn1c2ccccc2c2ccccc21. The predicted molar refractivity (Wildman–Crippen MR) is 402 cm³/mol. The van der Waals surface area contributed by atoms with Crippen molar-refractivity contribution in [2.45, 2.75) is 76.2 Å². The molecule has 0 aliphatic rings. The summed E-state index contributed by atoms with van der Waals surface area (Å²) >= 11 is 0. The monoisotopic (exact) mass is 1180 g/mol. The predicted octanol–water partition coefficient (Wildman–Crippen LogP) is 24.8. The molecule has 0 atom stereocenters. The van der Waals surface area contributed by atoms with Gasteiger partial charge in [0.05, 0.1) is 0 Å². The summed E-state index contributed by atoms with van der Waals surface area (Å²) in [5, 5.41) is 16.1. The number of hydrogen-bond donors (Lipinski definition) is 0. The van der Waals surface area contributed by atoms with Gasteiger partial charge in [-0.15, -0.1) is 0 Å². The lowest BCUT2D eigenvalue weighted by molar-refractivity contribution is 1.01. The zero-order valence-electron chi connectivity index (χ0n) is 55.7. The molecule has 0 saturated carbocycles. The largest absolute Gasteiger partial charge is 0.344 e. The van der Waals surface area contributed by atoms with Crippen molar-refractivity contribution in [1.82, 2.24) is 9.13 Å². The molecule has 2 nitrogen and oxygen atoms in total. The quantitative estimate of drug-likeness (QED) is 0.134. The summed E-state index contributed by atoms with van der Waals surface area (Å²) in [5.74, 6) is 0. The van der Waals surface area contributed by atoms with Crippen molar-refractivity contribution in [3.05, 3.63) is 358 Å². The Hall–Kier alpha value is -10.3. The van der Waals surface area contributed by atoms with Crippen LogP contribution in [0.15, 0.2) is 297 Å². The van der Waals surface area contributed by atoms with E-state index in [1.165, 1.54) is 148 Å². The van der Waals surface area contributed by atoms with E-state index < -0.39 is 0 Å². The first-order chi connectivity index (χ1) is 44.1. The van der Waals surface area contributed by atoms with Gasteiger partial charge < -0.3 is 9.13 Å². The van der Waals surface area contributed by atoms with E-state index in [0.717, 1.165) is 0 Å². The molecular formula is C89H88N2. The van der Waals surface area contributed by atoms with Crippen LogP contribution in [0.3, 0.4) is 0 Å². The lowest BCUT2D eigenvalue weighted by Gasteiger charge is -2.06. The Kier molecular flexibility index (Phi) is 22.4. The summed E-state index contributed by atoms with van der Waals surface area (Å²) in [6.45, 7) is 23.5. The molecule has 0 aliphatic heterocycles. The van der Waals surface area contributed by atoms with Gasteiger partial charge in [0.15, 0.2) is 0 Å². The zero-order chi connectivity index (χ0) is 64.4. The second-order valence-corrected chi connectivity index (χ2v) is 24.1. The molecule has 91 heavy (non-hydrogen) atoms. The molecule has 0 fully saturated rings. The van der Waals surface area contributed by atoms with Crippen LogP contribution < -0.4 is 0 Å². The first-order valence-corrected chi connectivity index (χ1v) is 31.8. The highest BCUT2D eigenvalue weighted by Crippen LogP contribution is 2.30. The second kappa shape index (κ2) is 31.3. The Labute approximate surface area is 541 Å². The van der Waals surface area contributed by atoms with Crippen LogP contribution in [0.1, 0.15) is 61.2 Å². The van der Waals surface area contributed by atoms with Crippen LogP contribution in [0.2, 0.25) is 0 Å². The average molecular weight is 1190 g/mol. The molecular weight excluding hydrogens is 1100 g/mol. The van der Waals surface area contributed by atoms with Crippen molar-refractivity contribution in [2.24, 2.45) is 14.1 Å². The molecule has 0 saturated heterocycles. The van der Waals surface area contributed by atoms with Crippen LogP contribution in [0.4, 0.5) is 0 Å². The summed E-state index contributed by atoms with van der Waals surface area (Å²) in [6.07, 6.45) is 0. The van der Waals surface area contributed by atoms with Gasteiger partial charge in [-0.3, -0.25) is 0 Å². The minimum Gasteiger partial charge on any atom is -0.344 e. The van der Waals surface area contributed by atoms with E-state index >= 15 is 0 Å². The number of aryl methyl sites for hydroxylation is 12. The summed E-state index contributed by atoms with van der Waals surface area (Å²) in [7, 11) is 4.23. The molecule has 0 radical (unpaired) electrons. The van der Waals surface area contributed by atoms with Gasteiger partial charge in [-0.25, -0.2) is 0 Å². The van der Waals surface area contributed by atoms with Gasteiger partial charge in [-0.05, 0) is 182 Å². The van der Waals surface area contributed by atoms with Gasteiger partial charge in [-0.2, -0.15) is 0 Å². The van der Waals surface area contributed by atoms with Gasteiger partial charge in [0.25, 0.3) is 0 Å². The number of hydrogen-bond acceptors (Lipinski definition) is 0. The number of aromatic nitrogens is 2. The van der Waals surface area contributed by atoms with Crippen LogP contribution in [-0.4, -0.2) is 9.13 Å².